The number of hydrogen-bond acceptors (Lipinski definition) is 4. The van der Waals surface area contributed by atoms with E-state index in [1.54, 1.807) is 23.8 Å². The van der Waals surface area contributed by atoms with Gasteiger partial charge in [0.1, 0.15) is 5.54 Å². The fourth-order valence-corrected chi connectivity index (χ4v) is 3.57. The van der Waals surface area contributed by atoms with Crippen molar-refractivity contribution in [1.82, 2.24) is 4.90 Å². The van der Waals surface area contributed by atoms with Crippen molar-refractivity contribution >= 4 is 23.4 Å². The van der Waals surface area contributed by atoms with Gasteiger partial charge in [0.2, 0.25) is 0 Å². The molecule has 28 heavy (non-hydrogen) atoms. The molecule has 0 aliphatic carbocycles. The van der Waals surface area contributed by atoms with E-state index in [9.17, 15) is 9.59 Å². The number of rotatable bonds is 5. The third kappa shape index (κ3) is 4.27. The summed E-state index contributed by atoms with van der Waals surface area (Å²) in [5.41, 5.74) is 0.950. The lowest BCUT2D eigenvalue weighted by Crippen LogP contribution is -2.59. The largest absolute Gasteiger partial charge is 0.450 e. The van der Waals surface area contributed by atoms with E-state index in [1.165, 1.54) is 0 Å². The topological polar surface area (TPSA) is 61.9 Å². The van der Waals surface area contributed by atoms with Crippen LogP contribution in [0.5, 0.6) is 0 Å². The van der Waals surface area contributed by atoms with Crippen molar-refractivity contribution in [2.75, 3.05) is 37.0 Å². The molecule has 0 spiro atoms. The first-order valence-corrected chi connectivity index (χ1v) is 9.64. The predicted molar refractivity (Wildman–Crippen MR) is 110 cm³/mol. The number of amides is 2. The van der Waals surface area contributed by atoms with Crippen LogP contribution < -0.4 is 10.2 Å². The van der Waals surface area contributed by atoms with E-state index in [0.717, 1.165) is 11.4 Å². The lowest BCUT2D eigenvalue weighted by molar-refractivity contribution is -0.124. The van der Waals surface area contributed by atoms with Gasteiger partial charge in [-0.25, -0.2) is 4.79 Å². The van der Waals surface area contributed by atoms with Crippen LogP contribution in [0, 0.1) is 0 Å². The second kappa shape index (κ2) is 8.78. The molecule has 1 N–H and O–H groups in total. The van der Waals surface area contributed by atoms with Crippen molar-refractivity contribution in [1.29, 1.82) is 0 Å². The van der Waals surface area contributed by atoms with Gasteiger partial charge in [-0.1, -0.05) is 36.4 Å². The number of carbonyl (C=O) groups is 2. The molecule has 148 valence electrons. The summed E-state index contributed by atoms with van der Waals surface area (Å²) in [6.45, 7) is 3.07. The summed E-state index contributed by atoms with van der Waals surface area (Å²) in [4.78, 5) is 29.0. The average Bonchev–Trinajstić information content (AvgIpc) is 2.74. The molecule has 6 nitrogen and oxygen atoms in total. The van der Waals surface area contributed by atoms with Gasteiger partial charge < -0.3 is 19.9 Å². The molecule has 0 aromatic heterocycles. The molecule has 0 unspecified atom stereocenters. The summed E-state index contributed by atoms with van der Waals surface area (Å²) in [6.07, 6.45) is 0.702. The van der Waals surface area contributed by atoms with Crippen LogP contribution in [-0.4, -0.2) is 49.2 Å². The van der Waals surface area contributed by atoms with Gasteiger partial charge in [-0.3, -0.25) is 4.79 Å². The summed E-state index contributed by atoms with van der Waals surface area (Å²) in [5, 5.41) is 3.47. The number of nitrogens with zero attached hydrogens (tertiary/aromatic N) is 2. The molecule has 2 aromatic carbocycles. The van der Waals surface area contributed by atoms with Gasteiger partial charge in [-0.05, 0) is 44.0 Å². The molecule has 1 saturated heterocycles. The summed E-state index contributed by atoms with van der Waals surface area (Å²) in [6, 6.07) is 19.3. The SMILES string of the molecule is CCOC(=O)N1CCC(Nc2ccccc2)(C(=O)N(C)c2ccccc2)CC1. The minimum atomic E-state index is -0.783. The highest BCUT2D eigenvalue weighted by molar-refractivity contribution is 6.02. The Morgan fingerprint density at radius 1 is 1.04 bits per heavy atom. The lowest BCUT2D eigenvalue weighted by Gasteiger charge is -2.43. The number of likely N-dealkylation sites (tertiary alicyclic amines) is 1. The zero-order valence-corrected chi connectivity index (χ0v) is 16.4. The standard InChI is InChI=1S/C22H27N3O3/c1-3-28-21(27)25-16-14-22(15-17-25,23-18-10-6-4-7-11-18)20(26)24(2)19-12-8-5-9-13-19/h4-13,23H,3,14-17H2,1-2H3. The predicted octanol–water partition coefficient (Wildman–Crippen LogP) is 3.75. The number of ether oxygens (including phenoxy) is 1. The first-order valence-electron chi connectivity index (χ1n) is 9.64. The van der Waals surface area contributed by atoms with Crippen molar-refractivity contribution in [3.63, 3.8) is 0 Å². The molecule has 2 aromatic rings. The highest BCUT2D eigenvalue weighted by Crippen LogP contribution is 2.31. The quantitative estimate of drug-likeness (QED) is 0.857. The summed E-state index contributed by atoms with van der Waals surface area (Å²) < 4.78 is 5.12. The molecule has 0 bridgehead atoms. The molecule has 2 amide bonds. The van der Waals surface area contributed by atoms with Crippen LogP contribution in [0.3, 0.4) is 0 Å². The number of anilines is 2. The molecular formula is C22H27N3O3. The van der Waals surface area contributed by atoms with Gasteiger partial charge in [-0.15, -0.1) is 0 Å². The monoisotopic (exact) mass is 381 g/mol. The molecule has 0 saturated carbocycles. The molecule has 1 aliphatic heterocycles. The Kier molecular flexibility index (Phi) is 6.19. The molecule has 0 radical (unpaired) electrons. The van der Waals surface area contributed by atoms with Gasteiger partial charge >= 0.3 is 6.09 Å². The van der Waals surface area contributed by atoms with Gasteiger partial charge in [-0.2, -0.15) is 0 Å². The van der Waals surface area contributed by atoms with E-state index in [1.807, 2.05) is 60.7 Å². The Labute approximate surface area is 166 Å². The maximum absolute atomic E-state index is 13.6. The van der Waals surface area contributed by atoms with E-state index in [-0.39, 0.29) is 12.0 Å². The van der Waals surface area contributed by atoms with Gasteiger partial charge in [0.05, 0.1) is 6.61 Å². The van der Waals surface area contributed by atoms with Crippen molar-refractivity contribution in [3.8, 4) is 0 Å². The van der Waals surface area contributed by atoms with Crippen LogP contribution in [0.2, 0.25) is 0 Å². The smallest absolute Gasteiger partial charge is 0.409 e. The minimum absolute atomic E-state index is 0.00828. The van der Waals surface area contributed by atoms with Crippen LogP contribution in [0.15, 0.2) is 60.7 Å². The second-order valence-corrected chi connectivity index (χ2v) is 6.96. The maximum atomic E-state index is 13.6. The van der Waals surface area contributed by atoms with Crippen molar-refractivity contribution in [2.24, 2.45) is 0 Å². The zero-order valence-electron chi connectivity index (χ0n) is 16.4. The van der Waals surface area contributed by atoms with Crippen LogP contribution in [0.25, 0.3) is 0 Å². The zero-order chi connectivity index (χ0) is 20.0. The summed E-state index contributed by atoms with van der Waals surface area (Å²) in [7, 11) is 1.80. The molecule has 3 rings (SSSR count). The Hall–Kier alpha value is -3.02. The number of nitrogens with one attached hydrogen (secondary N) is 1. The third-order valence-corrected chi connectivity index (χ3v) is 5.16. The van der Waals surface area contributed by atoms with E-state index in [4.69, 9.17) is 4.74 Å². The fourth-order valence-electron chi connectivity index (χ4n) is 3.57. The Morgan fingerprint density at radius 2 is 1.61 bits per heavy atom. The van der Waals surface area contributed by atoms with Crippen LogP contribution in [0.4, 0.5) is 16.2 Å². The van der Waals surface area contributed by atoms with E-state index >= 15 is 0 Å². The van der Waals surface area contributed by atoms with Crippen LogP contribution >= 0.6 is 0 Å². The normalized spacial score (nSPS) is 15.6. The number of carbonyl (C=O) groups excluding carboxylic acids is 2. The van der Waals surface area contributed by atoms with E-state index < -0.39 is 5.54 Å². The summed E-state index contributed by atoms with van der Waals surface area (Å²) in [5.74, 6) is -0.00828. The van der Waals surface area contributed by atoms with E-state index in [2.05, 4.69) is 5.32 Å². The highest BCUT2D eigenvalue weighted by atomic mass is 16.6. The Morgan fingerprint density at radius 3 is 2.18 bits per heavy atom. The number of hydrogen-bond donors (Lipinski definition) is 1. The Balaban J connectivity index is 1.83. The van der Waals surface area contributed by atoms with Gasteiger partial charge in [0, 0.05) is 31.5 Å². The highest BCUT2D eigenvalue weighted by Gasteiger charge is 2.44. The summed E-state index contributed by atoms with van der Waals surface area (Å²) >= 11 is 0. The van der Waals surface area contributed by atoms with Crippen LogP contribution in [0.1, 0.15) is 19.8 Å². The van der Waals surface area contributed by atoms with E-state index in [0.29, 0.717) is 32.5 Å². The van der Waals surface area contributed by atoms with Gasteiger partial charge in [0.15, 0.2) is 0 Å². The van der Waals surface area contributed by atoms with Gasteiger partial charge in [0.25, 0.3) is 5.91 Å². The molecule has 1 heterocycles. The maximum Gasteiger partial charge on any atom is 0.409 e. The molecule has 6 heteroatoms. The Bertz CT molecular complexity index is 787. The second-order valence-electron chi connectivity index (χ2n) is 6.96. The molecular weight excluding hydrogens is 354 g/mol. The lowest BCUT2D eigenvalue weighted by atomic mass is 9.85. The van der Waals surface area contributed by atoms with Crippen LogP contribution in [-0.2, 0) is 9.53 Å². The number of benzene rings is 2. The average molecular weight is 381 g/mol. The number of para-hydroxylation sites is 2. The number of likely N-dealkylation sites (N-methyl/N-ethyl adjacent to an activating group) is 1. The fraction of sp³-hybridized carbons (Fsp3) is 0.364. The van der Waals surface area contributed by atoms with Crippen molar-refractivity contribution in [3.05, 3.63) is 60.7 Å². The third-order valence-electron chi connectivity index (χ3n) is 5.16. The molecule has 1 fully saturated rings. The van der Waals surface area contributed by atoms with Crippen molar-refractivity contribution < 1.29 is 14.3 Å². The molecule has 0 atom stereocenters. The van der Waals surface area contributed by atoms with Crippen molar-refractivity contribution in [2.45, 2.75) is 25.3 Å². The molecule has 1 aliphatic rings. The number of piperidine rings is 1. The first kappa shape index (κ1) is 19.7. The first-order chi connectivity index (χ1) is 13.6. The minimum Gasteiger partial charge on any atom is -0.450 e.